The van der Waals surface area contributed by atoms with E-state index in [-0.39, 0.29) is 6.42 Å². The van der Waals surface area contributed by atoms with Gasteiger partial charge in [0.2, 0.25) is 0 Å². The molecular weight excluding hydrogens is 372 g/mol. The zero-order valence-electron chi connectivity index (χ0n) is 12.9. The molecule has 2 rings (SSSR count). The van der Waals surface area contributed by atoms with E-state index >= 15 is 0 Å². The Hall–Kier alpha value is -2.12. The fourth-order valence-corrected chi connectivity index (χ4v) is 2.85. The van der Waals surface area contributed by atoms with E-state index in [1.54, 1.807) is 24.3 Å². The van der Waals surface area contributed by atoms with E-state index in [4.69, 9.17) is 16.3 Å². The molecule has 1 amide bonds. The Morgan fingerprint density at radius 2 is 1.92 bits per heavy atom. The van der Waals surface area contributed by atoms with Crippen molar-refractivity contribution in [3.05, 3.63) is 59.1 Å². The second kappa shape index (κ2) is 9.39. The van der Waals surface area contributed by atoms with Crippen LogP contribution in [0, 0.1) is 11.6 Å². The van der Waals surface area contributed by atoms with Gasteiger partial charge in [0.1, 0.15) is 0 Å². The highest BCUT2D eigenvalue weighted by Gasteiger charge is 2.09. The third-order valence-electron chi connectivity index (χ3n) is 2.94. The van der Waals surface area contributed by atoms with Crippen molar-refractivity contribution >= 4 is 40.9 Å². The van der Waals surface area contributed by atoms with Crippen molar-refractivity contribution in [2.24, 2.45) is 0 Å². The summed E-state index contributed by atoms with van der Waals surface area (Å²) in [4.78, 5) is 23.8. The Morgan fingerprint density at radius 3 is 2.64 bits per heavy atom. The highest BCUT2D eigenvalue weighted by atomic mass is 35.5. The van der Waals surface area contributed by atoms with Crippen LogP contribution in [0.4, 0.5) is 14.5 Å². The number of hydrogen-bond acceptors (Lipinski definition) is 4. The fourth-order valence-electron chi connectivity index (χ4n) is 1.80. The van der Waals surface area contributed by atoms with Gasteiger partial charge in [0, 0.05) is 21.4 Å². The number of thioether (sulfide) groups is 1. The number of halogens is 3. The molecule has 0 heterocycles. The number of hydrogen-bond donors (Lipinski definition) is 1. The summed E-state index contributed by atoms with van der Waals surface area (Å²) in [6.07, 6.45) is 0.0358. The topological polar surface area (TPSA) is 55.4 Å². The quantitative estimate of drug-likeness (QED) is 0.571. The normalized spacial score (nSPS) is 10.4. The summed E-state index contributed by atoms with van der Waals surface area (Å²) in [5.41, 5.74) is 0.502. The maximum atomic E-state index is 13.0. The zero-order chi connectivity index (χ0) is 18.2. The van der Waals surface area contributed by atoms with E-state index in [0.717, 1.165) is 12.1 Å². The third kappa shape index (κ3) is 6.72. The van der Waals surface area contributed by atoms with E-state index in [1.807, 2.05) is 0 Å². The molecule has 0 aromatic heterocycles. The predicted octanol–water partition coefficient (Wildman–Crippen LogP) is 4.28. The first-order valence-electron chi connectivity index (χ1n) is 7.23. The van der Waals surface area contributed by atoms with Crippen LogP contribution in [0.25, 0.3) is 0 Å². The number of nitrogens with one attached hydrogen (secondary N) is 1. The van der Waals surface area contributed by atoms with Crippen LogP contribution in [0.1, 0.15) is 6.42 Å². The van der Waals surface area contributed by atoms with Crippen LogP contribution in [0.2, 0.25) is 5.02 Å². The molecule has 4 nitrogen and oxygen atoms in total. The molecule has 0 spiro atoms. The third-order valence-corrected chi connectivity index (χ3v) is 4.17. The van der Waals surface area contributed by atoms with Gasteiger partial charge in [-0.3, -0.25) is 9.59 Å². The van der Waals surface area contributed by atoms with Crippen molar-refractivity contribution in [1.29, 1.82) is 0 Å². The second-order valence-corrected chi connectivity index (χ2v) is 6.50. The molecule has 0 saturated heterocycles. The zero-order valence-corrected chi connectivity index (χ0v) is 14.5. The van der Waals surface area contributed by atoms with E-state index in [1.165, 1.54) is 17.8 Å². The number of rotatable bonds is 7. The Balaban J connectivity index is 1.68. The number of benzene rings is 2. The Bertz CT molecular complexity index is 773. The van der Waals surface area contributed by atoms with Gasteiger partial charge in [-0.05, 0) is 36.4 Å². The SMILES string of the molecule is O=C(COC(=O)CCSc1ccc(F)c(F)c1)Nc1cccc(Cl)c1. The highest BCUT2D eigenvalue weighted by Crippen LogP contribution is 2.21. The van der Waals surface area contributed by atoms with E-state index in [9.17, 15) is 18.4 Å². The number of esters is 1. The average molecular weight is 386 g/mol. The lowest BCUT2D eigenvalue weighted by Gasteiger charge is -2.07. The van der Waals surface area contributed by atoms with Gasteiger partial charge < -0.3 is 10.1 Å². The summed E-state index contributed by atoms with van der Waals surface area (Å²) in [5.74, 6) is -2.58. The van der Waals surface area contributed by atoms with Gasteiger partial charge in [-0.15, -0.1) is 11.8 Å². The van der Waals surface area contributed by atoms with Crippen LogP contribution in [-0.4, -0.2) is 24.2 Å². The fraction of sp³-hybridized carbons (Fsp3) is 0.176. The maximum absolute atomic E-state index is 13.0. The molecular formula is C17H14ClF2NO3S. The molecule has 2 aromatic rings. The van der Waals surface area contributed by atoms with Crippen LogP contribution in [0.5, 0.6) is 0 Å². The molecule has 8 heteroatoms. The average Bonchev–Trinajstić information content (AvgIpc) is 2.56. The Morgan fingerprint density at radius 1 is 1.12 bits per heavy atom. The van der Waals surface area contributed by atoms with Gasteiger partial charge in [-0.2, -0.15) is 0 Å². The summed E-state index contributed by atoms with van der Waals surface area (Å²) < 4.78 is 30.7. The van der Waals surface area contributed by atoms with Crippen molar-refractivity contribution in [3.63, 3.8) is 0 Å². The summed E-state index contributed by atoms with van der Waals surface area (Å²) >= 11 is 6.99. The van der Waals surface area contributed by atoms with Crippen molar-refractivity contribution in [3.8, 4) is 0 Å². The molecule has 0 aliphatic rings. The number of ether oxygens (including phenoxy) is 1. The number of carbonyl (C=O) groups excluding carboxylic acids is 2. The summed E-state index contributed by atoms with van der Waals surface area (Å²) in [5, 5.41) is 3.02. The molecule has 0 bridgehead atoms. The number of carbonyl (C=O) groups is 2. The van der Waals surface area contributed by atoms with Crippen LogP contribution < -0.4 is 5.32 Å². The van der Waals surface area contributed by atoms with E-state index < -0.39 is 30.1 Å². The first-order chi connectivity index (χ1) is 11.9. The van der Waals surface area contributed by atoms with Gasteiger partial charge in [-0.25, -0.2) is 8.78 Å². The monoisotopic (exact) mass is 385 g/mol. The molecule has 1 N–H and O–H groups in total. The smallest absolute Gasteiger partial charge is 0.307 e. The first-order valence-corrected chi connectivity index (χ1v) is 8.59. The standard InChI is InChI=1S/C17H14ClF2NO3S/c18-11-2-1-3-12(8-11)21-16(22)10-24-17(23)6-7-25-13-4-5-14(19)15(20)9-13/h1-5,8-9H,6-7,10H2,(H,21,22). The molecule has 25 heavy (non-hydrogen) atoms. The Labute approximate surface area is 152 Å². The molecule has 0 atom stereocenters. The molecule has 2 aromatic carbocycles. The summed E-state index contributed by atoms with van der Waals surface area (Å²) in [6.45, 7) is -0.415. The van der Waals surface area contributed by atoms with Crippen LogP contribution >= 0.6 is 23.4 Å². The predicted molar refractivity (Wildman–Crippen MR) is 92.7 cm³/mol. The molecule has 0 fully saturated rings. The van der Waals surface area contributed by atoms with Crippen LogP contribution in [0.3, 0.4) is 0 Å². The molecule has 132 valence electrons. The van der Waals surface area contributed by atoms with Crippen molar-refractivity contribution < 1.29 is 23.1 Å². The Kier molecular flexibility index (Phi) is 7.21. The van der Waals surface area contributed by atoms with Crippen LogP contribution in [0.15, 0.2) is 47.4 Å². The first kappa shape index (κ1) is 19.2. The lowest BCUT2D eigenvalue weighted by molar-refractivity contribution is -0.146. The minimum atomic E-state index is -0.940. The molecule has 0 radical (unpaired) electrons. The van der Waals surface area contributed by atoms with E-state index in [0.29, 0.717) is 21.4 Å². The van der Waals surface area contributed by atoms with Gasteiger partial charge in [-0.1, -0.05) is 17.7 Å². The number of anilines is 1. The van der Waals surface area contributed by atoms with Gasteiger partial charge >= 0.3 is 5.97 Å². The minimum absolute atomic E-state index is 0.0358. The molecule has 0 aliphatic carbocycles. The molecule has 0 unspecified atom stereocenters. The summed E-state index contributed by atoms with van der Waals surface area (Å²) in [6, 6.07) is 10.1. The second-order valence-electron chi connectivity index (χ2n) is 4.89. The molecule has 0 saturated carbocycles. The minimum Gasteiger partial charge on any atom is -0.456 e. The van der Waals surface area contributed by atoms with Crippen molar-refractivity contribution in [2.75, 3.05) is 17.7 Å². The lowest BCUT2D eigenvalue weighted by Crippen LogP contribution is -2.21. The van der Waals surface area contributed by atoms with Crippen molar-refractivity contribution in [2.45, 2.75) is 11.3 Å². The lowest BCUT2D eigenvalue weighted by atomic mass is 10.3. The van der Waals surface area contributed by atoms with Gasteiger partial charge in [0.05, 0.1) is 6.42 Å². The summed E-state index contributed by atoms with van der Waals surface area (Å²) in [7, 11) is 0. The highest BCUT2D eigenvalue weighted by molar-refractivity contribution is 7.99. The maximum Gasteiger partial charge on any atom is 0.307 e. The van der Waals surface area contributed by atoms with Gasteiger partial charge in [0.15, 0.2) is 18.2 Å². The van der Waals surface area contributed by atoms with E-state index in [2.05, 4.69) is 5.32 Å². The van der Waals surface area contributed by atoms with Gasteiger partial charge in [0.25, 0.3) is 5.91 Å². The number of amides is 1. The van der Waals surface area contributed by atoms with Crippen LogP contribution in [-0.2, 0) is 14.3 Å². The van der Waals surface area contributed by atoms with Crippen molar-refractivity contribution in [1.82, 2.24) is 0 Å². The molecule has 0 aliphatic heterocycles. The largest absolute Gasteiger partial charge is 0.456 e.